The number of ether oxygens (including phenoxy) is 1. The number of anilines is 1. The van der Waals surface area contributed by atoms with Crippen LogP contribution in [0.4, 0.5) is 14.5 Å². The molecule has 1 atom stereocenters. The molecule has 43 heavy (non-hydrogen) atoms. The summed E-state index contributed by atoms with van der Waals surface area (Å²) < 4.78 is 35.0. The van der Waals surface area contributed by atoms with Crippen molar-refractivity contribution in [1.29, 1.82) is 0 Å². The van der Waals surface area contributed by atoms with Crippen molar-refractivity contribution < 1.29 is 27.9 Å². The summed E-state index contributed by atoms with van der Waals surface area (Å²) in [6.45, 7) is 2.75. The van der Waals surface area contributed by atoms with Crippen LogP contribution in [0.3, 0.4) is 0 Å². The average Bonchev–Trinajstić information content (AvgIpc) is 3.67. The van der Waals surface area contributed by atoms with E-state index in [4.69, 9.17) is 16.3 Å². The average molecular weight is 615 g/mol. The maximum absolute atomic E-state index is 14.6. The third-order valence-electron chi connectivity index (χ3n) is 7.98. The maximum Gasteiger partial charge on any atom is 0.291 e. The summed E-state index contributed by atoms with van der Waals surface area (Å²) in [6, 6.07) is 7.60. The highest BCUT2D eigenvalue weighted by Gasteiger charge is 2.27. The summed E-state index contributed by atoms with van der Waals surface area (Å²) in [6.07, 6.45) is 4.86. The minimum absolute atomic E-state index is 0.0474. The van der Waals surface area contributed by atoms with Crippen LogP contribution in [0.25, 0.3) is 11.3 Å². The lowest BCUT2D eigenvalue weighted by Gasteiger charge is -2.35. The predicted molar refractivity (Wildman–Crippen MR) is 157 cm³/mol. The van der Waals surface area contributed by atoms with Gasteiger partial charge in [0.15, 0.2) is 17.4 Å². The Labute approximate surface area is 252 Å². The van der Waals surface area contributed by atoms with E-state index in [9.17, 15) is 23.2 Å². The lowest BCUT2D eigenvalue weighted by atomic mass is 10.1. The molecule has 3 amide bonds. The summed E-state index contributed by atoms with van der Waals surface area (Å²) in [5.74, 6) is -3.30. The molecule has 0 spiro atoms. The molecule has 0 saturated carbocycles. The zero-order valence-corrected chi connectivity index (χ0v) is 24.7. The molecule has 2 N–H and O–H groups in total. The van der Waals surface area contributed by atoms with Crippen molar-refractivity contribution in [3.63, 3.8) is 0 Å². The van der Waals surface area contributed by atoms with Crippen LogP contribution in [-0.2, 0) is 11.8 Å². The number of carbonyl (C=O) groups excluding carboxylic acids is 3. The van der Waals surface area contributed by atoms with E-state index < -0.39 is 17.5 Å². The summed E-state index contributed by atoms with van der Waals surface area (Å²) in [7, 11) is 2.74. The predicted octanol–water partition coefficient (Wildman–Crippen LogP) is 4.10. The molecule has 0 aliphatic carbocycles. The number of hydrogen-bond donors (Lipinski definition) is 2. The Balaban J connectivity index is 1.19. The maximum atomic E-state index is 14.6. The van der Waals surface area contributed by atoms with Gasteiger partial charge in [0.25, 0.3) is 11.8 Å². The first-order valence-corrected chi connectivity index (χ1v) is 14.5. The molecule has 2 aliphatic rings. The summed E-state index contributed by atoms with van der Waals surface area (Å²) in [5, 5.41) is 6.24. The van der Waals surface area contributed by atoms with Crippen LogP contribution in [0.15, 0.2) is 36.5 Å². The Hall–Kier alpha value is -4.03. The van der Waals surface area contributed by atoms with Crippen LogP contribution >= 0.6 is 11.6 Å². The van der Waals surface area contributed by atoms with Crippen LogP contribution in [0.5, 0.6) is 5.75 Å². The fourth-order valence-corrected chi connectivity index (χ4v) is 5.76. The number of nitrogens with zero attached hydrogens (tertiary/aromatic N) is 4. The highest BCUT2D eigenvalue weighted by atomic mass is 35.5. The summed E-state index contributed by atoms with van der Waals surface area (Å²) in [5.41, 5.74) is 0.716. The molecule has 5 rings (SSSR count). The van der Waals surface area contributed by atoms with Gasteiger partial charge in [0, 0.05) is 56.9 Å². The number of rotatable bonds is 8. The largest absolute Gasteiger partial charge is 0.494 e. The molecule has 3 heterocycles. The Morgan fingerprint density at radius 1 is 1.09 bits per heavy atom. The molecule has 0 radical (unpaired) electrons. The zero-order valence-electron chi connectivity index (χ0n) is 24.0. The normalized spacial score (nSPS) is 16.8. The minimum atomic E-state index is -1.14. The molecule has 2 fully saturated rings. The van der Waals surface area contributed by atoms with E-state index in [-0.39, 0.29) is 45.2 Å². The number of piperazine rings is 1. The molecule has 1 unspecified atom stereocenters. The van der Waals surface area contributed by atoms with E-state index in [2.05, 4.69) is 15.6 Å². The van der Waals surface area contributed by atoms with Gasteiger partial charge in [-0.05, 0) is 56.1 Å². The van der Waals surface area contributed by atoms with Gasteiger partial charge in [-0.25, -0.2) is 9.37 Å². The van der Waals surface area contributed by atoms with Crippen molar-refractivity contribution in [3.8, 4) is 17.0 Å². The molecule has 2 aliphatic heterocycles. The van der Waals surface area contributed by atoms with E-state index in [0.717, 1.165) is 25.8 Å². The molecule has 2 saturated heterocycles. The first kappa shape index (κ1) is 30.4. The van der Waals surface area contributed by atoms with Gasteiger partial charge >= 0.3 is 0 Å². The first-order valence-electron chi connectivity index (χ1n) is 14.1. The van der Waals surface area contributed by atoms with Crippen molar-refractivity contribution >= 4 is 35.0 Å². The van der Waals surface area contributed by atoms with E-state index in [1.54, 1.807) is 11.0 Å². The second kappa shape index (κ2) is 13.1. The van der Waals surface area contributed by atoms with Crippen molar-refractivity contribution in [3.05, 3.63) is 64.6 Å². The van der Waals surface area contributed by atoms with Crippen LogP contribution in [-0.4, -0.2) is 82.9 Å². The van der Waals surface area contributed by atoms with Crippen molar-refractivity contribution in [2.75, 3.05) is 45.2 Å². The second-order valence-corrected chi connectivity index (χ2v) is 11.0. The molecule has 10 nitrogen and oxygen atoms in total. The van der Waals surface area contributed by atoms with Crippen LogP contribution < -0.4 is 15.4 Å². The Morgan fingerprint density at radius 3 is 2.51 bits per heavy atom. The van der Waals surface area contributed by atoms with Gasteiger partial charge < -0.3 is 29.7 Å². The zero-order chi connectivity index (χ0) is 30.7. The number of hydrogen-bond acceptors (Lipinski definition) is 6. The Kier molecular flexibility index (Phi) is 9.26. The Morgan fingerprint density at radius 2 is 1.84 bits per heavy atom. The summed E-state index contributed by atoms with van der Waals surface area (Å²) in [4.78, 5) is 46.4. The van der Waals surface area contributed by atoms with E-state index >= 15 is 0 Å². The van der Waals surface area contributed by atoms with Gasteiger partial charge in [0.2, 0.25) is 11.7 Å². The number of carbonyl (C=O) groups is 3. The molecule has 3 aromatic rings. The quantitative estimate of drug-likeness (QED) is 0.396. The highest BCUT2D eigenvalue weighted by Crippen LogP contribution is 2.30. The van der Waals surface area contributed by atoms with Gasteiger partial charge in [0.1, 0.15) is 0 Å². The standard InChI is InChI=1S/C30H33ClF2N6O4/c1-37-23(21-8-9-24(43-2)27(33)26(21)32)17-35-28(37)29(41)36-19-5-7-20(22(31)16-19)30(42)39-14-12-38(13-15-39)25(40)10-6-18-4-3-11-34-18/h5,7-9,16-18,34H,3-4,6,10-15H2,1-2H3,(H,36,41). The molecule has 0 bridgehead atoms. The van der Waals surface area contributed by atoms with E-state index in [1.807, 2.05) is 4.90 Å². The number of methoxy groups -OCH3 is 1. The molecular weight excluding hydrogens is 582 g/mol. The first-order chi connectivity index (χ1) is 20.7. The minimum Gasteiger partial charge on any atom is -0.494 e. The highest BCUT2D eigenvalue weighted by molar-refractivity contribution is 6.34. The van der Waals surface area contributed by atoms with Gasteiger partial charge in [-0.2, -0.15) is 4.39 Å². The van der Waals surface area contributed by atoms with Crippen molar-refractivity contribution in [2.45, 2.75) is 31.7 Å². The topological polar surface area (TPSA) is 109 Å². The Bertz CT molecular complexity index is 1530. The second-order valence-electron chi connectivity index (χ2n) is 10.6. The van der Waals surface area contributed by atoms with Crippen LogP contribution in [0.2, 0.25) is 5.02 Å². The number of nitrogens with one attached hydrogen (secondary N) is 2. The van der Waals surface area contributed by atoms with Gasteiger partial charge in [-0.3, -0.25) is 14.4 Å². The molecule has 1 aromatic heterocycles. The molecule has 228 valence electrons. The summed E-state index contributed by atoms with van der Waals surface area (Å²) >= 11 is 6.45. The van der Waals surface area contributed by atoms with Crippen molar-refractivity contribution in [2.24, 2.45) is 7.05 Å². The van der Waals surface area contributed by atoms with Gasteiger partial charge in [0.05, 0.1) is 29.6 Å². The monoisotopic (exact) mass is 614 g/mol. The number of benzene rings is 2. The van der Waals surface area contributed by atoms with Crippen molar-refractivity contribution in [1.82, 2.24) is 24.7 Å². The lowest BCUT2D eigenvalue weighted by Crippen LogP contribution is -2.50. The lowest BCUT2D eigenvalue weighted by molar-refractivity contribution is -0.132. The smallest absolute Gasteiger partial charge is 0.291 e. The third kappa shape index (κ3) is 6.50. The van der Waals surface area contributed by atoms with E-state index in [0.29, 0.717) is 44.3 Å². The fourth-order valence-electron chi connectivity index (χ4n) is 5.50. The molecular formula is C30H33ClF2N6O4. The number of amides is 3. The van der Waals surface area contributed by atoms with E-state index in [1.165, 1.54) is 49.2 Å². The number of halogens is 3. The van der Waals surface area contributed by atoms with Crippen LogP contribution in [0, 0.1) is 11.6 Å². The third-order valence-corrected chi connectivity index (χ3v) is 8.29. The number of aromatic nitrogens is 2. The van der Waals surface area contributed by atoms with Crippen LogP contribution in [0.1, 0.15) is 46.7 Å². The van der Waals surface area contributed by atoms with Gasteiger partial charge in [-0.1, -0.05) is 11.6 Å². The molecule has 2 aromatic carbocycles. The van der Waals surface area contributed by atoms with Gasteiger partial charge in [-0.15, -0.1) is 0 Å². The number of imidazole rings is 1. The fraction of sp³-hybridized carbons (Fsp3) is 0.400. The molecule has 13 heteroatoms. The SMILES string of the molecule is COc1ccc(-c2cnc(C(=O)Nc3ccc(C(=O)N4CCN(C(=O)CCC5CCCN5)CC4)c(Cl)c3)n2C)c(F)c1F.